The van der Waals surface area contributed by atoms with Crippen LogP contribution in [0.5, 0.6) is 0 Å². The molecule has 2 amide bonds. The average Bonchev–Trinajstić information content (AvgIpc) is 2.36. The molecule has 0 radical (unpaired) electrons. The van der Waals surface area contributed by atoms with Crippen LogP contribution < -0.4 is 5.32 Å². The fraction of sp³-hybridized carbons (Fsp3) is 0.889. The number of nitrogens with one attached hydrogen (secondary N) is 1. The molecule has 0 spiro atoms. The van der Waals surface area contributed by atoms with Crippen LogP contribution in [0.2, 0.25) is 0 Å². The van der Waals surface area contributed by atoms with Crippen molar-refractivity contribution in [1.82, 2.24) is 10.3 Å². The number of nitroso groups, excluding NO2 is 1. The number of nitrogens with zero attached hydrogens (tertiary/aromatic N) is 2. The number of rotatable bonds is 9. The fourth-order valence-corrected chi connectivity index (χ4v) is 3.01. The molecule has 8 nitrogen and oxygen atoms in total. The number of hydrogen-bond donors (Lipinski definition) is 1. The van der Waals surface area contributed by atoms with Gasteiger partial charge in [-0.2, -0.15) is 5.01 Å². The predicted octanol–water partition coefficient (Wildman–Crippen LogP) is 2.17. The van der Waals surface area contributed by atoms with Crippen molar-refractivity contribution in [2.24, 2.45) is 5.29 Å². The number of urea groups is 1. The zero-order valence-corrected chi connectivity index (χ0v) is 13.4. The van der Waals surface area contributed by atoms with Gasteiger partial charge in [-0.25, -0.2) is 4.79 Å². The fourth-order valence-electron chi connectivity index (χ4n) is 1.25. The van der Waals surface area contributed by atoms with E-state index >= 15 is 0 Å². The van der Waals surface area contributed by atoms with E-state index in [1.54, 1.807) is 13.8 Å². The largest absolute Gasteiger partial charge is 0.352 e. The zero-order chi connectivity index (χ0) is 14.9. The minimum Gasteiger partial charge on any atom is -0.322 e. The second kappa shape index (κ2) is 9.37. The molecular formula is C9H21N3O5P2. The molecule has 19 heavy (non-hydrogen) atoms. The van der Waals surface area contributed by atoms with Crippen molar-refractivity contribution in [2.45, 2.75) is 26.6 Å². The average molecular weight is 313 g/mol. The summed E-state index contributed by atoms with van der Waals surface area (Å²) in [6.45, 7) is 5.38. The van der Waals surface area contributed by atoms with E-state index in [9.17, 15) is 14.3 Å². The predicted molar refractivity (Wildman–Crippen MR) is 75.9 cm³/mol. The number of amides is 2. The summed E-state index contributed by atoms with van der Waals surface area (Å²) in [4.78, 5) is 22.2. The van der Waals surface area contributed by atoms with Gasteiger partial charge in [0, 0.05) is 0 Å². The van der Waals surface area contributed by atoms with Crippen LogP contribution in [0.3, 0.4) is 0 Å². The van der Waals surface area contributed by atoms with Gasteiger partial charge >= 0.3 is 13.6 Å². The Morgan fingerprint density at radius 1 is 1.42 bits per heavy atom. The van der Waals surface area contributed by atoms with Gasteiger partial charge in [0.25, 0.3) is 0 Å². The Bertz CT molecular complexity index is 332. The minimum absolute atomic E-state index is 0.153. The summed E-state index contributed by atoms with van der Waals surface area (Å²) in [6, 6.07) is -0.732. The lowest BCUT2D eigenvalue weighted by atomic mass is 10.6. The van der Waals surface area contributed by atoms with Gasteiger partial charge in [0.15, 0.2) is 0 Å². The maximum Gasteiger partial charge on any atom is 0.352 e. The Kier molecular flexibility index (Phi) is 9.10. The first kappa shape index (κ1) is 18.4. The maximum atomic E-state index is 12.3. The molecule has 0 aromatic rings. The van der Waals surface area contributed by atoms with Crippen LogP contribution >= 0.6 is 16.8 Å². The van der Waals surface area contributed by atoms with E-state index in [1.807, 2.05) is 0 Å². The summed E-state index contributed by atoms with van der Waals surface area (Å²) in [5.41, 5.74) is 0. The second-order valence-corrected chi connectivity index (χ2v) is 6.44. The van der Waals surface area contributed by atoms with Crippen molar-refractivity contribution in [3.63, 3.8) is 0 Å². The normalized spacial score (nSPS) is 12.8. The Hall–Kier alpha value is -0.550. The van der Waals surface area contributed by atoms with Crippen molar-refractivity contribution in [3.8, 4) is 0 Å². The van der Waals surface area contributed by atoms with E-state index < -0.39 is 19.4 Å². The Morgan fingerprint density at radius 2 is 1.95 bits per heavy atom. The standard InChI is InChI=1S/C9H21N3O5P2/c1-4-16-19(15,17-5-2)8(3)10-9(13)12(11-14)6-7-18/h8H,4-7,18H2,1-3H3,(H,10,13). The van der Waals surface area contributed by atoms with E-state index in [2.05, 4.69) is 19.8 Å². The van der Waals surface area contributed by atoms with Crippen LogP contribution in [0, 0.1) is 4.91 Å². The topological polar surface area (TPSA) is 97.3 Å². The van der Waals surface area contributed by atoms with Gasteiger partial charge in [-0.15, -0.1) is 14.1 Å². The van der Waals surface area contributed by atoms with E-state index in [0.717, 1.165) is 0 Å². The van der Waals surface area contributed by atoms with Crippen LogP contribution in [0.4, 0.5) is 4.79 Å². The number of hydrogen-bond acceptors (Lipinski definition) is 6. The summed E-state index contributed by atoms with van der Waals surface area (Å²) in [7, 11) is -1.06. The van der Waals surface area contributed by atoms with Gasteiger partial charge in [-0.05, 0) is 26.9 Å². The zero-order valence-electron chi connectivity index (χ0n) is 11.4. The van der Waals surface area contributed by atoms with E-state index in [4.69, 9.17) is 9.05 Å². The van der Waals surface area contributed by atoms with Crippen LogP contribution in [-0.4, -0.2) is 42.7 Å². The molecule has 0 fully saturated rings. The summed E-state index contributed by atoms with van der Waals surface area (Å²) < 4.78 is 22.5. The molecule has 112 valence electrons. The molecular weight excluding hydrogens is 292 g/mol. The van der Waals surface area contributed by atoms with Crippen molar-refractivity contribution in [2.75, 3.05) is 25.9 Å². The van der Waals surface area contributed by atoms with Gasteiger partial charge in [0.1, 0.15) is 5.78 Å². The molecule has 0 aliphatic carbocycles. The van der Waals surface area contributed by atoms with Crippen molar-refractivity contribution in [1.29, 1.82) is 0 Å². The third-order valence-corrected chi connectivity index (χ3v) is 4.67. The van der Waals surface area contributed by atoms with Crippen molar-refractivity contribution >= 4 is 22.9 Å². The quantitative estimate of drug-likeness (QED) is 0.400. The molecule has 0 saturated carbocycles. The highest BCUT2D eigenvalue weighted by Gasteiger charge is 2.34. The molecule has 0 saturated heterocycles. The molecule has 0 rings (SSSR count). The first-order valence-corrected chi connectivity index (χ1v) is 8.38. The van der Waals surface area contributed by atoms with Crippen molar-refractivity contribution in [3.05, 3.63) is 4.91 Å². The van der Waals surface area contributed by atoms with Gasteiger partial charge < -0.3 is 14.4 Å². The highest BCUT2D eigenvalue weighted by atomic mass is 31.2. The van der Waals surface area contributed by atoms with E-state index in [-0.39, 0.29) is 19.8 Å². The van der Waals surface area contributed by atoms with E-state index in [0.29, 0.717) is 11.2 Å². The summed E-state index contributed by atoms with van der Waals surface area (Å²) >= 11 is 0. The van der Waals surface area contributed by atoms with Crippen LogP contribution in [0.15, 0.2) is 5.29 Å². The third kappa shape index (κ3) is 5.95. The van der Waals surface area contributed by atoms with Crippen molar-refractivity contribution < 1.29 is 18.4 Å². The van der Waals surface area contributed by atoms with Crippen LogP contribution in [-0.2, 0) is 13.6 Å². The molecule has 2 unspecified atom stereocenters. The lowest BCUT2D eigenvalue weighted by molar-refractivity contribution is 0.189. The highest BCUT2D eigenvalue weighted by Crippen LogP contribution is 2.51. The van der Waals surface area contributed by atoms with Gasteiger partial charge in [-0.1, -0.05) is 0 Å². The lowest BCUT2D eigenvalue weighted by Crippen LogP contribution is -2.42. The van der Waals surface area contributed by atoms with Gasteiger partial charge in [-0.3, -0.25) is 4.57 Å². The van der Waals surface area contributed by atoms with Gasteiger partial charge in [0.05, 0.1) is 25.0 Å². The SMILES string of the molecule is CCOP(=O)(OCC)C(C)NC(=O)N(CCP)N=O. The first-order valence-electron chi connectivity index (χ1n) is 5.95. The molecule has 0 aromatic carbocycles. The summed E-state index contributed by atoms with van der Waals surface area (Å²) in [5, 5.41) is 5.70. The molecule has 10 heteroatoms. The molecule has 1 N–H and O–H groups in total. The molecule has 0 aliphatic heterocycles. The summed E-state index contributed by atoms with van der Waals surface area (Å²) in [5.74, 6) is -0.867. The second-order valence-electron chi connectivity index (χ2n) is 3.49. The Balaban J connectivity index is 4.71. The molecule has 0 aromatic heterocycles. The first-order chi connectivity index (χ1) is 8.95. The van der Waals surface area contributed by atoms with Crippen LogP contribution in [0.25, 0.3) is 0 Å². The van der Waals surface area contributed by atoms with E-state index in [1.165, 1.54) is 6.92 Å². The maximum absolute atomic E-state index is 12.3. The highest BCUT2D eigenvalue weighted by molar-refractivity contribution is 7.54. The monoisotopic (exact) mass is 313 g/mol. The number of carbonyl (C=O) groups excluding carboxylic acids is 1. The molecule has 0 bridgehead atoms. The Labute approximate surface area is 115 Å². The van der Waals surface area contributed by atoms with Crippen LogP contribution in [0.1, 0.15) is 20.8 Å². The molecule has 0 heterocycles. The summed E-state index contributed by atoms with van der Waals surface area (Å²) in [6.07, 6.45) is 0.502. The Morgan fingerprint density at radius 3 is 2.32 bits per heavy atom. The third-order valence-electron chi connectivity index (χ3n) is 2.10. The number of carbonyl (C=O) groups is 1. The molecule has 2 atom stereocenters. The minimum atomic E-state index is -3.44. The smallest absolute Gasteiger partial charge is 0.322 e. The van der Waals surface area contributed by atoms with Gasteiger partial charge in [0.2, 0.25) is 0 Å². The molecule has 0 aliphatic rings. The lowest BCUT2D eigenvalue weighted by Gasteiger charge is -2.25.